The Morgan fingerprint density at radius 1 is 1.17 bits per heavy atom. The van der Waals surface area contributed by atoms with Crippen molar-refractivity contribution < 1.29 is 0 Å². The lowest BCUT2D eigenvalue weighted by atomic mass is 10.2. The van der Waals surface area contributed by atoms with Crippen molar-refractivity contribution in [3.05, 3.63) is 42.4 Å². The molecule has 0 saturated carbocycles. The fraction of sp³-hybridized carbons (Fsp3) is 0.133. The van der Waals surface area contributed by atoms with Crippen LogP contribution in [0, 0.1) is 0 Å². The van der Waals surface area contributed by atoms with Crippen molar-refractivity contribution in [1.29, 1.82) is 0 Å². The van der Waals surface area contributed by atoms with Crippen molar-refractivity contribution in [2.75, 3.05) is 11.1 Å². The third-order valence-corrected chi connectivity index (χ3v) is 3.56. The fourth-order valence-corrected chi connectivity index (χ4v) is 2.44. The zero-order valence-electron chi connectivity index (χ0n) is 12.9. The van der Waals surface area contributed by atoms with E-state index in [1.807, 2.05) is 37.5 Å². The third-order valence-electron chi connectivity index (χ3n) is 3.56. The largest absolute Gasteiger partial charge is 0.368 e. The van der Waals surface area contributed by atoms with Gasteiger partial charge in [0.15, 0.2) is 5.65 Å². The highest BCUT2D eigenvalue weighted by molar-refractivity contribution is 5.88. The Balaban J connectivity index is 1.70. The second kappa shape index (κ2) is 5.61. The molecule has 0 unspecified atom stereocenters. The van der Waals surface area contributed by atoms with Crippen molar-refractivity contribution in [2.45, 2.75) is 6.54 Å². The lowest BCUT2D eigenvalue weighted by molar-refractivity contribution is 0.747. The minimum Gasteiger partial charge on any atom is -0.368 e. The predicted molar refractivity (Wildman–Crippen MR) is 89.9 cm³/mol. The number of anilines is 2. The summed E-state index contributed by atoms with van der Waals surface area (Å²) in [4.78, 5) is 13.0. The lowest BCUT2D eigenvalue weighted by Crippen LogP contribution is -2.07. The maximum absolute atomic E-state index is 5.82. The smallest absolute Gasteiger partial charge is 0.224 e. The molecule has 0 bridgehead atoms. The highest BCUT2D eigenvalue weighted by Crippen LogP contribution is 2.23. The molecule has 0 radical (unpaired) electrons. The Morgan fingerprint density at radius 2 is 2.08 bits per heavy atom. The molecule has 0 atom stereocenters. The maximum atomic E-state index is 5.82. The number of aryl methyl sites for hydroxylation is 1. The Labute approximate surface area is 137 Å². The second-order valence-corrected chi connectivity index (χ2v) is 5.30. The van der Waals surface area contributed by atoms with Gasteiger partial charge in [-0.25, -0.2) is 4.98 Å². The first kappa shape index (κ1) is 14.1. The predicted octanol–water partition coefficient (Wildman–Crippen LogP) is 1.34. The number of nitrogens with two attached hydrogens (primary N) is 1. The number of aromatic amines is 1. The van der Waals surface area contributed by atoms with Gasteiger partial charge in [0.1, 0.15) is 5.82 Å². The molecule has 4 aromatic heterocycles. The van der Waals surface area contributed by atoms with Gasteiger partial charge < -0.3 is 11.1 Å². The summed E-state index contributed by atoms with van der Waals surface area (Å²) in [6.45, 7) is 0.536. The molecule has 4 aromatic rings. The molecular weight excluding hydrogens is 306 g/mol. The molecule has 0 spiro atoms. The molecule has 0 amide bonds. The number of aromatic nitrogens is 7. The van der Waals surface area contributed by atoms with Crippen LogP contribution in [0.15, 0.2) is 36.7 Å². The van der Waals surface area contributed by atoms with E-state index in [0.29, 0.717) is 18.0 Å². The van der Waals surface area contributed by atoms with Gasteiger partial charge in [0.2, 0.25) is 5.95 Å². The van der Waals surface area contributed by atoms with E-state index in [-0.39, 0.29) is 5.95 Å². The highest BCUT2D eigenvalue weighted by atomic mass is 15.3. The molecule has 0 aromatic carbocycles. The van der Waals surface area contributed by atoms with Gasteiger partial charge in [-0.15, -0.1) is 0 Å². The van der Waals surface area contributed by atoms with Gasteiger partial charge in [-0.2, -0.15) is 20.2 Å². The first-order valence-electron chi connectivity index (χ1n) is 7.35. The van der Waals surface area contributed by atoms with Crippen molar-refractivity contribution >= 4 is 22.8 Å². The van der Waals surface area contributed by atoms with E-state index in [1.54, 1.807) is 10.9 Å². The Hall–Kier alpha value is -3.49. The van der Waals surface area contributed by atoms with Crippen LogP contribution in [0.2, 0.25) is 0 Å². The lowest BCUT2D eigenvalue weighted by Gasteiger charge is -2.08. The van der Waals surface area contributed by atoms with E-state index in [4.69, 9.17) is 5.73 Å². The van der Waals surface area contributed by atoms with Gasteiger partial charge in [0.05, 0.1) is 29.0 Å². The average Bonchev–Trinajstić information content (AvgIpc) is 3.23. The summed E-state index contributed by atoms with van der Waals surface area (Å²) < 4.78 is 1.75. The molecule has 0 fully saturated rings. The van der Waals surface area contributed by atoms with Gasteiger partial charge in [-0.05, 0) is 24.3 Å². The zero-order chi connectivity index (χ0) is 16.5. The van der Waals surface area contributed by atoms with Crippen LogP contribution < -0.4 is 11.1 Å². The molecule has 4 rings (SSSR count). The Morgan fingerprint density at radius 3 is 2.83 bits per heavy atom. The molecule has 9 nitrogen and oxygen atoms in total. The van der Waals surface area contributed by atoms with Crippen molar-refractivity contribution in [3.8, 4) is 11.4 Å². The van der Waals surface area contributed by atoms with Gasteiger partial charge >= 0.3 is 0 Å². The van der Waals surface area contributed by atoms with Crippen LogP contribution in [0.3, 0.4) is 0 Å². The molecule has 120 valence electrons. The molecular formula is C15H15N9. The van der Waals surface area contributed by atoms with Crippen LogP contribution in [-0.2, 0) is 13.6 Å². The molecule has 0 aliphatic heterocycles. The third kappa shape index (κ3) is 2.62. The number of hydrogen-bond acceptors (Lipinski definition) is 7. The average molecular weight is 321 g/mol. The zero-order valence-corrected chi connectivity index (χ0v) is 12.9. The first-order valence-corrected chi connectivity index (χ1v) is 7.35. The SMILES string of the molecule is Cn1ccc(CNc2nc(N)nc3nc(-c4ccn[nH]4)ccc23)n1. The number of nitrogens with zero attached hydrogens (tertiary/aromatic N) is 6. The second-order valence-electron chi connectivity index (χ2n) is 5.30. The van der Waals surface area contributed by atoms with E-state index in [9.17, 15) is 0 Å². The minimum absolute atomic E-state index is 0.167. The molecule has 0 saturated heterocycles. The summed E-state index contributed by atoms with van der Waals surface area (Å²) in [7, 11) is 1.88. The molecule has 4 heterocycles. The van der Waals surface area contributed by atoms with Crippen LogP contribution in [0.1, 0.15) is 5.69 Å². The number of fused-ring (bicyclic) bond motifs is 1. The van der Waals surface area contributed by atoms with E-state index in [0.717, 1.165) is 22.5 Å². The monoisotopic (exact) mass is 321 g/mol. The van der Waals surface area contributed by atoms with Crippen molar-refractivity contribution in [2.24, 2.45) is 7.05 Å². The van der Waals surface area contributed by atoms with Crippen molar-refractivity contribution in [1.82, 2.24) is 34.9 Å². The first-order chi connectivity index (χ1) is 11.7. The van der Waals surface area contributed by atoms with E-state index in [2.05, 4.69) is 35.6 Å². The molecule has 0 aliphatic carbocycles. The van der Waals surface area contributed by atoms with Crippen LogP contribution >= 0.6 is 0 Å². The quantitative estimate of drug-likeness (QED) is 0.518. The number of nitrogens with one attached hydrogen (secondary N) is 2. The van der Waals surface area contributed by atoms with Crippen LogP contribution in [0.4, 0.5) is 11.8 Å². The van der Waals surface area contributed by atoms with E-state index < -0.39 is 0 Å². The number of rotatable bonds is 4. The Bertz CT molecular complexity index is 988. The standard InChI is InChI=1S/C15H15N9/c1-24-7-5-9(23-24)8-17-13-10-2-3-11(12-4-6-18-22-12)19-14(10)21-15(16)20-13/h2-7H,8H2,1H3,(H,18,22)(H3,16,17,19,20,21). The summed E-state index contributed by atoms with van der Waals surface area (Å²) in [5.74, 6) is 0.798. The minimum atomic E-state index is 0.167. The molecule has 4 N–H and O–H groups in total. The Kier molecular flexibility index (Phi) is 3.30. The van der Waals surface area contributed by atoms with Gasteiger partial charge in [-0.3, -0.25) is 9.78 Å². The molecule has 9 heteroatoms. The maximum Gasteiger partial charge on any atom is 0.224 e. The topological polar surface area (TPSA) is 123 Å². The summed E-state index contributed by atoms with van der Waals surface area (Å²) in [5, 5.41) is 15.2. The van der Waals surface area contributed by atoms with E-state index >= 15 is 0 Å². The summed E-state index contributed by atoms with van der Waals surface area (Å²) in [6, 6.07) is 7.59. The summed E-state index contributed by atoms with van der Waals surface area (Å²) in [5.41, 5.74) is 8.82. The number of H-pyrrole nitrogens is 1. The fourth-order valence-electron chi connectivity index (χ4n) is 2.44. The van der Waals surface area contributed by atoms with Crippen molar-refractivity contribution in [3.63, 3.8) is 0 Å². The summed E-state index contributed by atoms with van der Waals surface area (Å²) >= 11 is 0. The normalized spacial score (nSPS) is 11.0. The van der Waals surface area contributed by atoms with Gasteiger partial charge in [0.25, 0.3) is 0 Å². The van der Waals surface area contributed by atoms with Gasteiger partial charge in [-0.1, -0.05) is 0 Å². The number of nitrogen functional groups attached to an aromatic ring is 1. The number of pyridine rings is 1. The number of hydrogen-bond donors (Lipinski definition) is 3. The van der Waals surface area contributed by atoms with E-state index in [1.165, 1.54) is 0 Å². The van der Waals surface area contributed by atoms with Crippen LogP contribution in [0.25, 0.3) is 22.4 Å². The molecule has 0 aliphatic rings. The highest BCUT2D eigenvalue weighted by Gasteiger charge is 2.10. The van der Waals surface area contributed by atoms with Crippen LogP contribution in [0.5, 0.6) is 0 Å². The molecule has 24 heavy (non-hydrogen) atoms. The van der Waals surface area contributed by atoms with Crippen LogP contribution in [-0.4, -0.2) is 34.9 Å². The summed E-state index contributed by atoms with van der Waals surface area (Å²) in [6.07, 6.45) is 3.57. The van der Waals surface area contributed by atoms with Gasteiger partial charge in [0, 0.05) is 19.4 Å².